The Kier molecular flexibility index (Phi) is 7.69. The van der Waals surface area contributed by atoms with E-state index >= 15 is 0 Å². The van der Waals surface area contributed by atoms with Crippen LogP contribution in [0, 0.1) is 12.8 Å². The predicted octanol–water partition coefficient (Wildman–Crippen LogP) is 3.86. The molecule has 30 heavy (non-hydrogen) atoms. The second-order valence-corrected chi connectivity index (χ2v) is 7.96. The van der Waals surface area contributed by atoms with Crippen LogP contribution >= 0.6 is 11.6 Å². The number of ether oxygens (including phenoxy) is 2. The van der Waals surface area contributed by atoms with Gasteiger partial charge in [-0.1, -0.05) is 23.7 Å². The van der Waals surface area contributed by atoms with E-state index in [0.717, 1.165) is 54.1 Å². The van der Waals surface area contributed by atoms with Crippen LogP contribution < -0.4 is 25.0 Å². The van der Waals surface area contributed by atoms with E-state index in [1.165, 1.54) is 11.3 Å². The molecule has 1 heterocycles. The minimum Gasteiger partial charge on any atom is -0.493 e. The van der Waals surface area contributed by atoms with Gasteiger partial charge >= 0.3 is 0 Å². The molecule has 0 aliphatic carbocycles. The number of nitrogens with one attached hydrogen (secondary N) is 2. The van der Waals surface area contributed by atoms with Crippen LogP contribution in [0.25, 0.3) is 0 Å². The highest BCUT2D eigenvalue weighted by Gasteiger charge is 2.24. The van der Waals surface area contributed by atoms with Gasteiger partial charge in [-0.15, -0.1) is 0 Å². The molecule has 0 spiro atoms. The highest BCUT2D eigenvalue weighted by atomic mass is 35.5. The summed E-state index contributed by atoms with van der Waals surface area (Å²) >= 11 is 6.20. The molecule has 0 radical (unpaired) electrons. The average molecular weight is 431 g/mol. The van der Waals surface area contributed by atoms with Gasteiger partial charge in [0.1, 0.15) is 0 Å². The van der Waals surface area contributed by atoms with E-state index in [2.05, 4.69) is 39.6 Å². The molecule has 1 aliphatic rings. The number of aliphatic imine (C=N–C) groups is 1. The van der Waals surface area contributed by atoms with Crippen molar-refractivity contribution >= 4 is 23.2 Å². The molecule has 1 aliphatic heterocycles. The lowest BCUT2D eigenvalue weighted by Gasteiger charge is -2.21. The van der Waals surface area contributed by atoms with E-state index in [0.29, 0.717) is 12.5 Å². The Morgan fingerprint density at radius 1 is 1.13 bits per heavy atom. The van der Waals surface area contributed by atoms with Gasteiger partial charge in [-0.05, 0) is 54.7 Å². The zero-order valence-electron chi connectivity index (χ0n) is 18.2. The Labute approximate surface area is 184 Å². The van der Waals surface area contributed by atoms with Crippen LogP contribution in [0.5, 0.6) is 11.5 Å². The molecule has 7 heteroatoms. The molecule has 0 aromatic heterocycles. The fourth-order valence-electron chi connectivity index (χ4n) is 3.78. The summed E-state index contributed by atoms with van der Waals surface area (Å²) in [5.74, 6) is 2.80. The number of halogens is 1. The van der Waals surface area contributed by atoms with E-state index in [4.69, 9.17) is 21.1 Å². The average Bonchev–Trinajstić information content (AvgIpc) is 3.24. The van der Waals surface area contributed by atoms with Crippen molar-refractivity contribution in [1.29, 1.82) is 0 Å². The first-order valence-corrected chi connectivity index (χ1v) is 10.6. The number of methoxy groups -OCH3 is 2. The summed E-state index contributed by atoms with van der Waals surface area (Å²) in [5.41, 5.74) is 3.60. The van der Waals surface area contributed by atoms with Crippen molar-refractivity contribution < 1.29 is 9.47 Å². The maximum Gasteiger partial charge on any atom is 0.191 e. The summed E-state index contributed by atoms with van der Waals surface area (Å²) in [7, 11) is 5.07. The van der Waals surface area contributed by atoms with Crippen LogP contribution in [-0.4, -0.2) is 46.9 Å². The first-order chi connectivity index (χ1) is 14.5. The van der Waals surface area contributed by atoms with Gasteiger partial charge in [0.05, 0.1) is 14.2 Å². The van der Waals surface area contributed by atoms with E-state index in [9.17, 15) is 0 Å². The summed E-state index contributed by atoms with van der Waals surface area (Å²) in [6.07, 6.45) is 1.14. The molecule has 1 saturated heterocycles. The summed E-state index contributed by atoms with van der Waals surface area (Å²) in [6, 6.07) is 12.0. The van der Waals surface area contributed by atoms with E-state index in [1.54, 1.807) is 21.3 Å². The minimum absolute atomic E-state index is 0.558. The van der Waals surface area contributed by atoms with Gasteiger partial charge in [0.25, 0.3) is 0 Å². The third-order valence-corrected chi connectivity index (χ3v) is 5.72. The molecule has 0 bridgehead atoms. The van der Waals surface area contributed by atoms with E-state index < -0.39 is 0 Å². The summed E-state index contributed by atoms with van der Waals surface area (Å²) < 4.78 is 10.7. The molecule has 2 aromatic rings. The Morgan fingerprint density at radius 3 is 2.67 bits per heavy atom. The van der Waals surface area contributed by atoms with Crippen molar-refractivity contribution in [2.45, 2.75) is 19.9 Å². The van der Waals surface area contributed by atoms with Gasteiger partial charge in [-0.2, -0.15) is 0 Å². The van der Waals surface area contributed by atoms with Crippen LogP contribution in [0.15, 0.2) is 41.4 Å². The Bertz CT molecular complexity index is 888. The predicted molar refractivity (Wildman–Crippen MR) is 124 cm³/mol. The van der Waals surface area contributed by atoms with Gasteiger partial charge in [0, 0.05) is 43.9 Å². The lowest BCUT2D eigenvalue weighted by atomic mass is 10.1. The SMILES string of the molecule is CN=C(NCc1ccc(OC)c(OC)c1)NCC1CCN(c2cc(Cl)ccc2C)C1. The number of benzene rings is 2. The molecule has 1 atom stereocenters. The van der Waals surface area contributed by atoms with Crippen LogP contribution in [0.1, 0.15) is 17.5 Å². The third kappa shape index (κ3) is 5.51. The normalized spacial score (nSPS) is 16.5. The largest absolute Gasteiger partial charge is 0.493 e. The maximum atomic E-state index is 6.20. The van der Waals surface area contributed by atoms with Crippen LogP contribution in [0.3, 0.4) is 0 Å². The minimum atomic E-state index is 0.558. The van der Waals surface area contributed by atoms with Crippen molar-refractivity contribution in [3.63, 3.8) is 0 Å². The zero-order chi connectivity index (χ0) is 21.5. The lowest BCUT2D eigenvalue weighted by molar-refractivity contribution is 0.354. The van der Waals surface area contributed by atoms with Crippen molar-refractivity contribution in [2.24, 2.45) is 10.9 Å². The fraction of sp³-hybridized carbons (Fsp3) is 0.435. The first kappa shape index (κ1) is 22.1. The summed E-state index contributed by atoms with van der Waals surface area (Å²) in [5, 5.41) is 7.62. The standard InChI is InChI=1S/C23H31ClN4O2/c1-16-5-7-19(24)12-20(16)28-10-9-18(15-28)14-27-23(25-2)26-13-17-6-8-21(29-3)22(11-17)30-4/h5-8,11-12,18H,9-10,13-15H2,1-4H3,(H2,25,26,27). The van der Waals surface area contributed by atoms with Crippen LogP contribution in [0.2, 0.25) is 5.02 Å². The fourth-order valence-corrected chi connectivity index (χ4v) is 3.95. The first-order valence-electron chi connectivity index (χ1n) is 10.2. The maximum absolute atomic E-state index is 6.20. The molecular weight excluding hydrogens is 400 g/mol. The summed E-state index contributed by atoms with van der Waals surface area (Å²) in [6.45, 7) is 5.73. The molecule has 0 amide bonds. The van der Waals surface area contributed by atoms with E-state index in [-0.39, 0.29) is 0 Å². The van der Waals surface area contributed by atoms with Crippen molar-refractivity contribution in [2.75, 3.05) is 45.8 Å². The van der Waals surface area contributed by atoms with E-state index in [1.807, 2.05) is 24.3 Å². The Balaban J connectivity index is 1.50. The number of guanidine groups is 1. The van der Waals surface area contributed by atoms with Gasteiger partial charge in [-0.25, -0.2) is 0 Å². The summed E-state index contributed by atoms with van der Waals surface area (Å²) in [4.78, 5) is 6.77. The molecule has 1 unspecified atom stereocenters. The number of hydrogen-bond donors (Lipinski definition) is 2. The molecule has 1 fully saturated rings. The molecule has 3 rings (SSSR count). The number of aryl methyl sites for hydroxylation is 1. The topological polar surface area (TPSA) is 58.1 Å². The molecule has 2 N–H and O–H groups in total. The molecule has 2 aromatic carbocycles. The monoisotopic (exact) mass is 430 g/mol. The molecule has 0 saturated carbocycles. The highest BCUT2D eigenvalue weighted by Crippen LogP contribution is 2.29. The Hall–Kier alpha value is -2.60. The van der Waals surface area contributed by atoms with Gasteiger partial charge in [0.15, 0.2) is 17.5 Å². The smallest absolute Gasteiger partial charge is 0.191 e. The number of nitrogens with zero attached hydrogens (tertiary/aromatic N) is 2. The molecule has 162 valence electrons. The Morgan fingerprint density at radius 2 is 1.93 bits per heavy atom. The highest BCUT2D eigenvalue weighted by molar-refractivity contribution is 6.30. The third-order valence-electron chi connectivity index (χ3n) is 5.49. The van der Waals surface area contributed by atoms with Gasteiger partial charge < -0.3 is 25.0 Å². The van der Waals surface area contributed by atoms with Gasteiger partial charge in [-0.3, -0.25) is 4.99 Å². The van der Waals surface area contributed by atoms with Crippen LogP contribution in [0.4, 0.5) is 5.69 Å². The second kappa shape index (κ2) is 10.4. The quantitative estimate of drug-likeness (QED) is 0.516. The number of rotatable bonds is 7. The van der Waals surface area contributed by atoms with Crippen molar-refractivity contribution in [1.82, 2.24) is 10.6 Å². The number of anilines is 1. The van der Waals surface area contributed by atoms with Gasteiger partial charge in [0.2, 0.25) is 0 Å². The molecular formula is C23H31ClN4O2. The molecule has 6 nitrogen and oxygen atoms in total. The lowest BCUT2D eigenvalue weighted by Crippen LogP contribution is -2.40. The second-order valence-electron chi connectivity index (χ2n) is 7.53. The van der Waals surface area contributed by atoms with Crippen molar-refractivity contribution in [3.8, 4) is 11.5 Å². The number of hydrogen-bond acceptors (Lipinski definition) is 4. The zero-order valence-corrected chi connectivity index (χ0v) is 18.9. The van der Waals surface area contributed by atoms with Crippen molar-refractivity contribution in [3.05, 3.63) is 52.5 Å². The van der Waals surface area contributed by atoms with Crippen LogP contribution in [-0.2, 0) is 6.54 Å².